The molecule has 1 saturated heterocycles. The molecule has 0 bridgehead atoms. The van der Waals surface area contributed by atoms with E-state index in [1.165, 1.54) is 11.0 Å². The smallest absolute Gasteiger partial charge is 0.312 e. The van der Waals surface area contributed by atoms with E-state index < -0.39 is 11.7 Å². The third-order valence-corrected chi connectivity index (χ3v) is 4.83. The first-order valence-electron chi connectivity index (χ1n) is 8.36. The summed E-state index contributed by atoms with van der Waals surface area (Å²) in [7, 11) is 0. The van der Waals surface area contributed by atoms with Crippen LogP contribution < -0.4 is 4.90 Å². The van der Waals surface area contributed by atoms with E-state index in [0.717, 1.165) is 29.7 Å². The van der Waals surface area contributed by atoms with Crippen LogP contribution in [0.3, 0.4) is 0 Å². The Morgan fingerprint density at radius 3 is 2.48 bits per heavy atom. The quantitative estimate of drug-likeness (QED) is 0.750. The maximum atomic E-state index is 13.0. The highest BCUT2D eigenvalue weighted by atomic mass is 19.4. The van der Waals surface area contributed by atoms with Crippen molar-refractivity contribution in [3.63, 3.8) is 0 Å². The number of rotatable bonds is 3. The first kappa shape index (κ1) is 17.5. The van der Waals surface area contributed by atoms with Crippen LogP contribution in [-0.2, 0) is 11.0 Å². The summed E-state index contributed by atoms with van der Waals surface area (Å²) in [6.45, 7) is 4.42. The van der Waals surface area contributed by atoms with Crippen molar-refractivity contribution in [1.82, 2.24) is 0 Å². The van der Waals surface area contributed by atoms with Gasteiger partial charge < -0.3 is 4.90 Å². The molecule has 1 aliphatic rings. The average Bonchev–Trinajstić information content (AvgIpc) is 2.91. The Kier molecular flexibility index (Phi) is 4.58. The standard InChI is InChI=1S/C20H20F3NO/c1-3-14-12-24(17-9-5-8-16(11-17)20(21,22)23)19(25)18(14)15-7-4-6-13(2)10-15/h4-11,14,18H,3,12H2,1-2H3/t14-,18-/m1/s1. The number of hydrogen-bond acceptors (Lipinski definition) is 1. The van der Waals surface area contributed by atoms with Crippen molar-refractivity contribution in [3.05, 3.63) is 65.2 Å². The van der Waals surface area contributed by atoms with Crippen LogP contribution >= 0.6 is 0 Å². The molecule has 1 heterocycles. The third kappa shape index (κ3) is 3.41. The molecule has 0 spiro atoms. The zero-order chi connectivity index (χ0) is 18.2. The van der Waals surface area contributed by atoms with Gasteiger partial charge in [0.2, 0.25) is 5.91 Å². The highest BCUT2D eigenvalue weighted by Crippen LogP contribution is 2.40. The summed E-state index contributed by atoms with van der Waals surface area (Å²) < 4.78 is 38.9. The van der Waals surface area contributed by atoms with Crippen molar-refractivity contribution >= 4 is 11.6 Å². The number of hydrogen-bond donors (Lipinski definition) is 0. The molecule has 1 aliphatic heterocycles. The first-order chi connectivity index (χ1) is 11.8. The minimum atomic E-state index is -4.42. The van der Waals surface area contributed by atoms with Crippen molar-refractivity contribution < 1.29 is 18.0 Å². The monoisotopic (exact) mass is 347 g/mol. The summed E-state index contributed by atoms with van der Waals surface area (Å²) in [6, 6.07) is 12.8. The molecular formula is C20H20F3NO. The summed E-state index contributed by atoms with van der Waals surface area (Å²) in [6.07, 6.45) is -3.63. The van der Waals surface area contributed by atoms with Crippen LogP contribution in [-0.4, -0.2) is 12.5 Å². The van der Waals surface area contributed by atoms with Crippen molar-refractivity contribution in [2.24, 2.45) is 5.92 Å². The Morgan fingerprint density at radius 1 is 1.12 bits per heavy atom. The summed E-state index contributed by atoms with van der Waals surface area (Å²) >= 11 is 0. The maximum Gasteiger partial charge on any atom is 0.416 e. The lowest BCUT2D eigenvalue weighted by Gasteiger charge is -2.18. The lowest BCUT2D eigenvalue weighted by atomic mass is 9.86. The number of carbonyl (C=O) groups excluding carboxylic acids is 1. The van der Waals surface area contributed by atoms with Gasteiger partial charge in [0, 0.05) is 12.2 Å². The lowest BCUT2D eigenvalue weighted by Crippen LogP contribution is -2.26. The van der Waals surface area contributed by atoms with E-state index in [2.05, 4.69) is 0 Å². The molecule has 0 N–H and O–H groups in total. The number of alkyl halides is 3. The Hall–Kier alpha value is -2.30. The second kappa shape index (κ2) is 6.54. The maximum absolute atomic E-state index is 13.0. The highest BCUT2D eigenvalue weighted by Gasteiger charge is 2.41. The van der Waals surface area contributed by atoms with Gasteiger partial charge >= 0.3 is 6.18 Å². The molecule has 1 amide bonds. The van der Waals surface area contributed by atoms with Crippen molar-refractivity contribution in [2.45, 2.75) is 32.4 Å². The molecule has 2 nitrogen and oxygen atoms in total. The lowest BCUT2D eigenvalue weighted by molar-refractivity contribution is -0.137. The van der Waals surface area contributed by atoms with E-state index >= 15 is 0 Å². The van der Waals surface area contributed by atoms with Crippen LogP contribution in [0.25, 0.3) is 0 Å². The SMILES string of the molecule is CC[C@@H]1CN(c2cccc(C(F)(F)F)c2)C(=O)[C@H]1c1cccc(C)c1. The Labute approximate surface area is 145 Å². The minimum absolute atomic E-state index is 0.0869. The van der Waals surface area contributed by atoms with E-state index in [1.54, 1.807) is 6.07 Å². The normalized spacial score (nSPS) is 21.0. The predicted octanol–water partition coefficient (Wildman–Crippen LogP) is 5.17. The van der Waals surface area contributed by atoms with Crippen molar-refractivity contribution in [1.29, 1.82) is 0 Å². The number of nitrogens with zero attached hydrogens (tertiary/aromatic N) is 1. The number of carbonyl (C=O) groups is 1. The minimum Gasteiger partial charge on any atom is -0.312 e. The molecule has 25 heavy (non-hydrogen) atoms. The number of amides is 1. The van der Waals surface area contributed by atoms with E-state index in [4.69, 9.17) is 0 Å². The van der Waals surface area contributed by atoms with Crippen LogP contribution in [0.1, 0.15) is 36.0 Å². The number of aryl methyl sites for hydroxylation is 1. The van der Waals surface area contributed by atoms with Gasteiger partial charge in [0.15, 0.2) is 0 Å². The van der Waals surface area contributed by atoms with Gasteiger partial charge in [-0.2, -0.15) is 13.2 Å². The second-order valence-electron chi connectivity index (χ2n) is 6.56. The molecule has 0 saturated carbocycles. The molecule has 2 atom stereocenters. The fourth-order valence-corrected chi connectivity index (χ4v) is 3.53. The molecule has 2 aromatic carbocycles. The molecule has 0 aromatic heterocycles. The molecule has 0 radical (unpaired) electrons. The molecule has 0 unspecified atom stereocenters. The molecule has 132 valence electrons. The Balaban J connectivity index is 1.96. The fourth-order valence-electron chi connectivity index (χ4n) is 3.53. The van der Waals surface area contributed by atoms with Crippen molar-refractivity contribution in [3.8, 4) is 0 Å². The van der Waals surface area contributed by atoms with Crippen LogP contribution in [0.2, 0.25) is 0 Å². The van der Waals surface area contributed by atoms with E-state index in [0.29, 0.717) is 12.2 Å². The highest BCUT2D eigenvalue weighted by molar-refractivity contribution is 6.00. The van der Waals surface area contributed by atoms with Crippen LogP contribution in [0.15, 0.2) is 48.5 Å². The summed E-state index contributed by atoms with van der Waals surface area (Å²) in [5.41, 5.74) is 1.59. The zero-order valence-electron chi connectivity index (χ0n) is 14.2. The molecule has 1 fully saturated rings. The first-order valence-corrected chi connectivity index (χ1v) is 8.36. The molecule has 0 aliphatic carbocycles. The Morgan fingerprint density at radius 2 is 1.84 bits per heavy atom. The van der Waals surface area contributed by atoms with Gasteiger partial charge in [0.05, 0.1) is 11.5 Å². The largest absolute Gasteiger partial charge is 0.416 e. The van der Waals surface area contributed by atoms with E-state index in [9.17, 15) is 18.0 Å². The van der Waals surface area contributed by atoms with Crippen LogP contribution in [0.5, 0.6) is 0 Å². The van der Waals surface area contributed by atoms with Gasteiger partial charge in [-0.1, -0.05) is 49.2 Å². The molecular weight excluding hydrogens is 327 g/mol. The van der Waals surface area contributed by atoms with Gasteiger partial charge in [-0.05, 0) is 36.6 Å². The van der Waals surface area contributed by atoms with E-state index in [1.807, 2.05) is 38.1 Å². The van der Waals surface area contributed by atoms with Gasteiger partial charge in [0.25, 0.3) is 0 Å². The molecule has 5 heteroatoms. The average molecular weight is 347 g/mol. The van der Waals surface area contributed by atoms with Gasteiger partial charge in [-0.25, -0.2) is 0 Å². The molecule has 3 rings (SSSR count). The number of halogens is 3. The summed E-state index contributed by atoms with van der Waals surface area (Å²) in [5, 5.41) is 0. The molecule has 2 aromatic rings. The topological polar surface area (TPSA) is 20.3 Å². The van der Waals surface area contributed by atoms with Crippen LogP contribution in [0.4, 0.5) is 18.9 Å². The van der Waals surface area contributed by atoms with Gasteiger partial charge in [0.1, 0.15) is 0 Å². The summed E-state index contributed by atoms with van der Waals surface area (Å²) in [5.74, 6) is -0.347. The van der Waals surface area contributed by atoms with Crippen molar-refractivity contribution in [2.75, 3.05) is 11.4 Å². The summed E-state index contributed by atoms with van der Waals surface area (Å²) in [4.78, 5) is 14.5. The predicted molar refractivity (Wildman–Crippen MR) is 91.5 cm³/mol. The van der Waals surface area contributed by atoms with Gasteiger partial charge in [-0.3, -0.25) is 4.79 Å². The second-order valence-corrected chi connectivity index (χ2v) is 6.56. The van der Waals surface area contributed by atoms with Gasteiger partial charge in [-0.15, -0.1) is 0 Å². The number of benzene rings is 2. The zero-order valence-corrected chi connectivity index (χ0v) is 14.2. The fraction of sp³-hybridized carbons (Fsp3) is 0.350. The van der Waals surface area contributed by atoms with Crippen LogP contribution in [0, 0.1) is 12.8 Å². The Bertz CT molecular complexity index is 785. The third-order valence-electron chi connectivity index (χ3n) is 4.83. The van der Waals surface area contributed by atoms with E-state index in [-0.39, 0.29) is 17.7 Å². The number of anilines is 1.